The molecule has 0 aliphatic rings. The zero-order chi connectivity index (χ0) is 18.5. The molecule has 0 bridgehead atoms. The highest BCUT2D eigenvalue weighted by Crippen LogP contribution is 2.24. The van der Waals surface area contributed by atoms with Gasteiger partial charge < -0.3 is 4.74 Å². The van der Waals surface area contributed by atoms with E-state index in [0.717, 1.165) is 16.7 Å². The molecule has 1 atom stereocenters. The summed E-state index contributed by atoms with van der Waals surface area (Å²) in [5.41, 5.74) is 3.94. The molecule has 1 aromatic heterocycles. The first-order valence-electron chi connectivity index (χ1n) is 8.36. The minimum Gasteiger partial charge on any atom is -0.444 e. The SMILES string of the molecule is Cc1ccc(-c2nn(Cc3ccccc3)cc2C(=O)O[C@H](C)C#N)cc1. The first kappa shape index (κ1) is 17.4. The number of nitriles is 1. The van der Waals surface area contributed by atoms with Crippen molar-refractivity contribution in [1.29, 1.82) is 5.26 Å². The van der Waals surface area contributed by atoms with E-state index in [9.17, 15) is 4.79 Å². The fraction of sp³-hybridized carbons (Fsp3) is 0.190. The van der Waals surface area contributed by atoms with Gasteiger partial charge in [0.25, 0.3) is 0 Å². The summed E-state index contributed by atoms with van der Waals surface area (Å²) in [6, 6.07) is 19.6. The summed E-state index contributed by atoms with van der Waals surface area (Å²) in [6.45, 7) is 4.08. The molecule has 0 saturated carbocycles. The molecular formula is C21H19N3O2. The van der Waals surface area contributed by atoms with Gasteiger partial charge in [0, 0.05) is 11.8 Å². The molecular weight excluding hydrogens is 326 g/mol. The molecule has 26 heavy (non-hydrogen) atoms. The van der Waals surface area contributed by atoms with Crippen molar-refractivity contribution < 1.29 is 9.53 Å². The minimum absolute atomic E-state index is 0.354. The molecule has 0 saturated heterocycles. The van der Waals surface area contributed by atoms with Crippen LogP contribution in [0.4, 0.5) is 0 Å². The Morgan fingerprint density at radius 3 is 2.54 bits per heavy atom. The average molecular weight is 345 g/mol. The summed E-state index contributed by atoms with van der Waals surface area (Å²) in [5, 5.41) is 13.5. The van der Waals surface area contributed by atoms with Gasteiger partial charge in [-0.15, -0.1) is 0 Å². The van der Waals surface area contributed by atoms with Gasteiger partial charge in [-0.1, -0.05) is 60.2 Å². The fourth-order valence-electron chi connectivity index (χ4n) is 2.60. The Morgan fingerprint density at radius 2 is 1.88 bits per heavy atom. The van der Waals surface area contributed by atoms with E-state index in [4.69, 9.17) is 10.00 Å². The van der Waals surface area contributed by atoms with Crippen LogP contribution < -0.4 is 0 Å². The number of carbonyl (C=O) groups excluding carboxylic acids is 1. The lowest BCUT2D eigenvalue weighted by Gasteiger charge is -2.06. The number of rotatable bonds is 5. The quantitative estimate of drug-likeness (QED) is 0.656. The van der Waals surface area contributed by atoms with Crippen LogP contribution >= 0.6 is 0 Å². The van der Waals surface area contributed by atoms with Crippen LogP contribution in [0.3, 0.4) is 0 Å². The highest BCUT2D eigenvalue weighted by atomic mass is 16.5. The topological polar surface area (TPSA) is 67.9 Å². The maximum Gasteiger partial charge on any atom is 0.343 e. The molecule has 3 aromatic rings. The first-order valence-corrected chi connectivity index (χ1v) is 8.36. The van der Waals surface area contributed by atoms with E-state index in [1.54, 1.807) is 10.9 Å². The Bertz CT molecular complexity index is 938. The van der Waals surface area contributed by atoms with Gasteiger partial charge in [-0.25, -0.2) is 4.79 Å². The van der Waals surface area contributed by atoms with Crippen molar-refractivity contribution in [2.24, 2.45) is 0 Å². The van der Waals surface area contributed by atoms with E-state index in [1.165, 1.54) is 6.92 Å². The van der Waals surface area contributed by atoms with Crippen LogP contribution in [0, 0.1) is 18.3 Å². The Hall–Kier alpha value is -3.39. The van der Waals surface area contributed by atoms with Crippen molar-refractivity contribution in [2.45, 2.75) is 26.5 Å². The molecule has 5 heteroatoms. The van der Waals surface area contributed by atoms with E-state index in [2.05, 4.69) is 5.10 Å². The van der Waals surface area contributed by atoms with E-state index in [0.29, 0.717) is 17.8 Å². The molecule has 5 nitrogen and oxygen atoms in total. The molecule has 0 radical (unpaired) electrons. The number of benzene rings is 2. The monoisotopic (exact) mass is 345 g/mol. The van der Waals surface area contributed by atoms with Crippen molar-refractivity contribution in [3.05, 3.63) is 77.5 Å². The van der Waals surface area contributed by atoms with Crippen LogP contribution in [-0.4, -0.2) is 21.9 Å². The van der Waals surface area contributed by atoms with Gasteiger partial charge in [-0.05, 0) is 19.4 Å². The smallest absolute Gasteiger partial charge is 0.343 e. The van der Waals surface area contributed by atoms with Crippen LogP contribution in [0.25, 0.3) is 11.3 Å². The number of aromatic nitrogens is 2. The molecule has 0 aliphatic heterocycles. The molecule has 3 rings (SSSR count). The second-order valence-corrected chi connectivity index (χ2v) is 6.12. The number of hydrogen-bond donors (Lipinski definition) is 0. The van der Waals surface area contributed by atoms with Gasteiger partial charge in [0.1, 0.15) is 17.3 Å². The zero-order valence-corrected chi connectivity index (χ0v) is 14.7. The predicted octanol–water partition coefficient (Wildman–Crippen LogP) is 3.98. The van der Waals surface area contributed by atoms with Gasteiger partial charge >= 0.3 is 5.97 Å². The predicted molar refractivity (Wildman–Crippen MR) is 98.4 cm³/mol. The zero-order valence-electron chi connectivity index (χ0n) is 14.7. The number of aryl methyl sites for hydroxylation is 1. The minimum atomic E-state index is -0.814. The molecule has 1 heterocycles. The van der Waals surface area contributed by atoms with Crippen LogP contribution in [0.15, 0.2) is 60.8 Å². The van der Waals surface area contributed by atoms with Crippen molar-refractivity contribution in [2.75, 3.05) is 0 Å². The summed E-state index contributed by atoms with van der Waals surface area (Å²) in [6.07, 6.45) is 0.861. The van der Waals surface area contributed by atoms with Crippen molar-refractivity contribution in [1.82, 2.24) is 9.78 Å². The summed E-state index contributed by atoms with van der Waals surface area (Å²) >= 11 is 0. The van der Waals surface area contributed by atoms with Crippen molar-refractivity contribution in [3.8, 4) is 17.3 Å². The largest absolute Gasteiger partial charge is 0.444 e. The van der Waals surface area contributed by atoms with E-state index in [1.807, 2.05) is 67.6 Å². The maximum atomic E-state index is 12.5. The Balaban J connectivity index is 1.98. The molecule has 2 aromatic carbocycles. The highest BCUT2D eigenvalue weighted by molar-refractivity contribution is 5.96. The van der Waals surface area contributed by atoms with Gasteiger partial charge in [0.15, 0.2) is 6.10 Å². The summed E-state index contributed by atoms with van der Waals surface area (Å²) < 4.78 is 6.90. The van der Waals surface area contributed by atoms with Crippen LogP contribution in [0.1, 0.15) is 28.4 Å². The lowest BCUT2D eigenvalue weighted by atomic mass is 10.1. The van der Waals surface area contributed by atoms with Crippen LogP contribution in [0.2, 0.25) is 0 Å². The Morgan fingerprint density at radius 1 is 1.19 bits per heavy atom. The normalized spacial score (nSPS) is 11.6. The summed E-state index contributed by atoms with van der Waals surface area (Å²) in [4.78, 5) is 12.5. The van der Waals surface area contributed by atoms with Gasteiger partial charge in [-0.3, -0.25) is 4.68 Å². The molecule has 0 aliphatic carbocycles. The molecule has 0 fully saturated rings. The molecule has 0 spiro atoms. The number of esters is 1. The molecule has 0 amide bonds. The number of hydrogen-bond acceptors (Lipinski definition) is 4. The first-order chi connectivity index (χ1) is 12.6. The van der Waals surface area contributed by atoms with Gasteiger partial charge in [0.2, 0.25) is 0 Å². The number of nitrogens with zero attached hydrogens (tertiary/aromatic N) is 3. The van der Waals surface area contributed by atoms with Gasteiger partial charge in [0.05, 0.1) is 6.54 Å². The molecule has 130 valence electrons. The van der Waals surface area contributed by atoms with E-state index >= 15 is 0 Å². The summed E-state index contributed by atoms with van der Waals surface area (Å²) in [7, 11) is 0. The standard InChI is InChI=1S/C21H19N3O2/c1-15-8-10-18(11-9-15)20-19(21(25)26-16(2)12-22)14-24(23-20)13-17-6-4-3-5-7-17/h3-11,14,16H,13H2,1-2H3/t16-/m1/s1. The number of ether oxygens (including phenoxy) is 1. The number of carbonyl (C=O) groups is 1. The van der Waals surface area contributed by atoms with Crippen LogP contribution in [-0.2, 0) is 11.3 Å². The third-order valence-electron chi connectivity index (χ3n) is 3.96. The van der Waals surface area contributed by atoms with Crippen molar-refractivity contribution >= 4 is 5.97 Å². The highest BCUT2D eigenvalue weighted by Gasteiger charge is 2.21. The Labute approximate surface area is 152 Å². The van der Waals surface area contributed by atoms with E-state index < -0.39 is 12.1 Å². The van der Waals surface area contributed by atoms with E-state index in [-0.39, 0.29) is 0 Å². The summed E-state index contributed by atoms with van der Waals surface area (Å²) in [5.74, 6) is -0.547. The lowest BCUT2D eigenvalue weighted by Crippen LogP contribution is -2.13. The third-order valence-corrected chi connectivity index (χ3v) is 3.96. The second-order valence-electron chi connectivity index (χ2n) is 6.12. The molecule has 0 N–H and O–H groups in total. The van der Waals surface area contributed by atoms with Gasteiger partial charge in [-0.2, -0.15) is 10.4 Å². The molecule has 0 unspecified atom stereocenters. The Kier molecular flexibility index (Phi) is 5.14. The second kappa shape index (κ2) is 7.66. The lowest BCUT2D eigenvalue weighted by molar-refractivity contribution is 0.0436. The third kappa shape index (κ3) is 3.98. The van der Waals surface area contributed by atoms with Crippen LogP contribution in [0.5, 0.6) is 0 Å². The maximum absolute atomic E-state index is 12.5. The van der Waals surface area contributed by atoms with Crippen molar-refractivity contribution in [3.63, 3.8) is 0 Å². The fourth-order valence-corrected chi connectivity index (χ4v) is 2.60. The average Bonchev–Trinajstić information content (AvgIpc) is 3.07.